The molecular formula is C19H23N3O2. The third-order valence-electron chi connectivity index (χ3n) is 4.81. The maximum Gasteiger partial charge on any atom is 0.134 e. The number of hydrogen-bond acceptors (Lipinski definition) is 4. The van der Waals surface area contributed by atoms with Gasteiger partial charge in [-0.05, 0) is 55.1 Å². The van der Waals surface area contributed by atoms with E-state index in [0.29, 0.717) is 5.92 Å². The van der Waals surface area contributed by atoms with Gasteiger partial charge in [-0.15, -0.1) is 0 Å². The summed E-state index contributed by atoms with van der Waals surface area (Å²) in [5.41, 5.74) is 2.26. The van der Waals surface area contributed by atoms with Crippen molar-refractivity contribution in [2.75, 3.05) is 20.2 Å². The maximum atomic E-state index is 5.98. The van der Waals surface area contributed by atoms with E-state index in [-0.39, 0.29) is 0 Å². The number of furan rings is 1. The van der Waals surface area contributed by atoms with Gasteiger partial charge in [0.1, 0.15) is 17.1 Å². The number of ether oxygens (including phenoxy) is 1. The van der Waals surface area contributed by atoms with Crippen LogP contribution in [0.25, 0.3) is 11.0 Å². The quantitative estimate of drug-likeness (QED) is 0.722. The molecule has 1 aromatic carbocycles. The zero-order valence-corrected chi connectivity index (χ0v) is 14.2. The van der Waals surface area contributed by atoms with E-state index < -0.39 is 0 Å². The Labute approximate surface area is 141 Å². The molecule has 5 nitrogen and oxygen atoms in total. The summed E-state index contributed by atoms with van der Waals surface area (Å²) in [7, 11) is 3.66. The molecule has 1 aliphatic rings. The van der Waals surface area contributed by atoms with Gasteiger partial charge < -0.3 is 9.15 Å². The van der Waals surface area contributed by atoms with Gasteiger partial charge in [-0.3, -0.25) is 9.58 Å². The van der Waals surface area contributed by atoms with Crippen LogP contribution in [0.1, 0.15) is 17.7 Å². The molecule has 1 aliphatic heterocycles. The Hall–Kier alpha value is -2.27. The lowest BCUT2D eigenvalue weighted by atomic mass is 10.0. The number of nitrogens with zero attached hydrogens (tertiary/aromatic N) is 3. The molecule has 1 atom stereocenters. The summed E-state index contributed by atoms with van der Waals surface area (Å²) in [5.74, 6) is 2.60. The summed E-state index contributed by atoms with van der Waals surface area (Å²) in [6, 6.07) is 8.08. The lowest BCUT2D eigenvalue weighted by molar-refractivity contribution is 0.290. The minimum Gasteiger partial charge on any atom is -0.497 e. The van der Waals surface area contributed by atoms with E-state index in [0.717, 1.165) is 48.5 Å². The highest BCUT2D eigenvalue weighted by Crippen LogP contribution is 2.27. The smallest absolute Gasteiger partial charge is 0.134 e. The van der Waals surface area contributed by atoms with Crippen molar-refractivity contribution in [1.82, 2.24) is 14.7 Å². The molecule has 3 heterocycles. The van der Waals surface area contributed by atoms with E-state index in [4.69, 9.17) is 9.15 Å². The summed E-state index contributed by atoms with van der Waals surface area (Å²) in [4.78, 5) is 2.48. The van der Waals surface area contributed by atoms with Gasteiger partial charge in [0.15, 0.2) is 0 Å². The van der Waals surface area contributed by atoms with Crippen molar-refractivity contribution in [1.29, 1.82) is 0 Å². The van der Waals surface area contributed by atoms with Gasteiger partial charge >= 0.3 is 0 Å². The van der Waals surface area contributed by atoms with Crippen LogP contribution in [-0.4, -0.2) is 34.9 Å². The number of benzene rings is 1. The van der Waals surface area contributed by atoms with Gasteiger partial charge in [0.25, 0.3) is 0 Å². The van der Waals surface area contributed by atoms with Crippen molar-refractivity contribution in [3.63, 3.8) is 0 Å². The molecule has 126 valence electrons. The topological polar surface area (TPSA) is 43.4 Å². The van der Waals surface area contributed by atoms with Gasteiger partial charge in [-0.2, -0.15) is 5.10 Å². The molecule has 24 heavy (non-hydrogen) atoms. The minimum absolute atomic E-state index is 0.707. The summed E-state index contributed by atoms with van der Waals surface area (Å²) in [5, 5.41) is 5.37. The summed E-state index contributed by atoms with van der Waals surface area (Å²) >= 11 is 0. The van der Waals surface area contributed by atoms with Crippen LogP contribution in [0.15, 0.2) is 41.1 Å². The fourth-order valence-electron chi connectivity index (χ4n) is 3.64. The van der Waals surface area contributed by atoms with E-state index in [1.165, 1.54) is 12.0 Å². The van der Waals surface area contributed by atoms with Crippen molar-refractivity contribution in [3.05, 3.63) is 48.0 Å². The monoisotopic (exact) mass is 325 g/mol. The SMILES string of the molecule is COc1ccc2oc(CN3CC[C@H](Cc4cnn(C)c4)C3)cc2c1. The molecule has 0 aliphatic carbocycles. The molecule has 0 spiro atoms. The van der Waals surface area contributed by atoms with Crippen LogP contribution in [-0.2, 0) is 20.0 Å². The van der Waals surface area contributed by atoms with Gasteiger partial charge in [-0.1, -0.05) is 0 Å². The number of aryl methyl sites for hydroxylation is 1. The maximum absolute atomic E-state index is 5.98. The predicted octanol–water partition coefficient (Wildman–Crippen LogP) is 3.24. The molecule has 1 fully saturated rings. The molecular weight excluding hydrogens is 302 g/mol. The minimum atomic E-state index is 0.707. The standard InChI is InChI=1S/C19H23N3O2/c1-21-11-15(10-20-21)7-14-5-6-22(12-14)13-18-9-16-8-17(23-2)3-4-19(16)24-18/h3-4,8-11,14H,5-7,12-13H2,1-2H3/t14-/m1/s1. The van der Waals surface area contributed by atoms with Crippen molar-refractivity contribution in [2.24, 2.45) is 13.0 Å². The fourth-order valence-corrected chi connectivity index (χ4v) is 3.64. The van der Waals surface area contributed by atoms with Crippen LogP contribution >= 0.6 is 0 Å². The number of methoxy groups -OCH3 is 1. The average molecular weight is 325 g/mol. The van der Waals surface area contributed by atoms with Crippen LogP contribution in [0.4, 0.5) is 0 Å². The normalized spacial score (nSPS) is 18.5. The molecule has 5 heteroatoms. The largest absolute Gasteiger partial charge is 0.497 e. The van der Waals surface area contributed by atoms with E-state index in [1.807, 2.05) is 36.1 Å². The molecule has 4 rings (SSSR count). The Morgan fingerprint density at radius 1 is 1.33 bits per heavy atom. The molecule has 0 bridgehead atoms. The van der Waals surface area contributed by atoms with Gasteiger partial charge in [0, 0.05) is 25.2 Å². The predicted molar refractivity (Wildman–Crippen MR) is 93.1 cm³/mol. The molecule has 1 saturated heterocycles. The second kappa shape index (κ2) is 6.32. The Kier molecular flexibility index (Phi) is 4.02. The van der Waals surface area contributed by atoms with Crippen LogP contribution in [0.5, 0.6) is 5.75 Å². The Morgan fingerprint density at radius 3 is 3.04 bits per heavy atom. The Bertz CT molecular complexity index is 836. The average Bonchev–Trinajstić information content (AvgIpc) is 3.27. The van der Waals surface area contributed by atoms with E-state index in [1.54, 1.807) is 7.11 Å². The molecule has 0 radical (unpaired) electrons. The van der Waals surface area contributed by atoms with Crippen molar-refractivity contribution in [2.45, 2.75) is 19.4 Å². The zero-order chi connectivity index (χ0) is 16.5. The van der Waals surface area contributed by atoms with Crippen LogP contribution in [0.2, 0.25) is 0 Å². The Morgan fingerprint density at radius 2 is 2.25 bits per heavy atom. The first kappa shape index (κ1) is 15.3. The highest BCUT2D eigenvalue weighted by Gasteiger charge is 2.24. The number of hydrogen-bond donors (Lipinski definition) is 0. The van der Waals surface area contributed by atoms with E-state index in [2.05, 4.69) is 22.3 Å². The van der Waals surface area contributed by atoms with Gasteiger partial charge in [0.2, 0.25) is 0 Å². The molecule has 0 saturated carbocycles. The number of likely N-dealkylation sites (tertiary alicyclic amines) is 1. The highest BCUT2D eigenvalue weighted by atomic mass is 16.5. The van der Waals surface area contributed by atoms with Gasteiger partial charge in [-0.25, -0.2) is 0 Å². The van der Waals surface area contributed by atoms with Crippen LogP contribution in [0, 0.1) is 5.92 Å². The molecule has 0 unspecified atom stereocenters. The van der Waals surface area contributed by atoms with Crippen LogP contribution < -0.4 is 4.74 Å². The number of rotatable bonds is 5. The first-order valence-electron chi connectivity index (χ1n) is 8.46. The zero-order valence-electron chi connectivity index (χ0n) is 14.2. The van der Waals surface area contributed by atoms with E-state index in [9.17, 15) is 0 Å². The second-order valence-corrected chi connectivity index (χ2v) is 6.73. The first-order chi connectivity index (χ1) is 11.7. The third kappa shape index (κ3) is 3.17. The molecule has 2 aromatic heterocycles. The van der Waals surface area contributed by atoms with E-state index >= 15 is 0 Å². The first-order valence-corrected chi connectivity index (χ1v) is 8.46. The second-order valence-electron chi connectivity index (χ2n) is 6.73. The molecule has 0 amide bonds. The fraction of sp³-hybridized carbons (Fsp3) is 0.421. The highest BCUT2D eigenvalue weighted by molar-refractivity contribution is 5.79. The third-order valence-corrected chi connectivity index (χ3v) is 4.81. The van der Waals surface area contributed by atoms with Gasteiger partial charge in [0.05, 0.1) is 19.9 Å². The van der Waals surface area contributed by atoms with Crippen molar-refractivity contribution in [3.8, 4) is 5.75 Å². The van der Waals surface area contributed by atoms with Crippen LogP contribution in [0.3, 0.4) is 0 Å². The Balaban J connectivity index is 1.39. The molecule has 0 N–H and O–H groups in total. The number of aromatic nitrogens is 2. The summed E-state index contributed by atoms with van der Waals surface area (Å²) in [6.07, 6.45) is 6.45. The lowest BCUT2D eigenvalue weighted by Crippen LogP contribution is -2.20. The van der Waals surface area contributed by atoms with Crippen molar-refractivity contribution >= 4 is 11.0 Å². The lowest BCUT2D eigenvalue weighted by Gasteiger charge is -2.14. The summed E-state index contributed by atoms with van der Waals surface area (Å²) in [6.45, 7) is 3.13. The van der Waals surface area contributed by atoms with Crippen molar-refractivity contribution < 1.29 is 9.15 Å². The summed E-state index contributed by atoms with van der Waals surface area (Å²) < 4.78 is 13.1. The number of fused-ring (bicyclic) bond motifs is 1. The molecule has 3 aromatic rings.